The van der Waals surface area contributed by atoms with Gasteiger partial charge >= 0.3 is 12.1 Å². The number of ether oxygens (including phenoxy) is 1. The Morgan fingerprint density at radius 2 is 1.95 bits per heavy atom. The molecule has 0 spiro atoms. The second-order valence-electron chi connectivity index (χ2n) is 11.1. The van der Waals surface area contributed by atoms with Gasteiger partial charge in [-0.1, -0.05) is 19.1 Å². The summed E-state index contributed by atoms with van der Waals surface area (Å²) < 4.78 is 48.3. The third-order valence-electron chi connectivity index (χ3n) is 8.33. The molecule has 0 saturated heterocycles. The first kappa shape index (κ1) is 27.3. The van der Waals surface area contributed by atoms with Crippen molar-refractivity contribution in [1.82, 2.24) is 24.2 Å². The Labute approximate surface area is 234 Å². The zero-order valence-electron chi connectivity index (χ0n) is 22.8. The molecule has 1 unspecified atom stereocenters. The van der Waals surface area contributed by atoms with Gasteiger partial charge in [-0.15, -0.1) is 0 Å². The molecule has 3 saturated carbocycles. The van der Waals surface area contributed by atoms with Gasteiger partial charge in [0.05, 0.1) is 29.3 Å². The van der Waals surface area contributed by atoms with Crippen molar-refractivity contribution in [3.05, 3.63) is 53.5 Å². The van der Waals surface area contributed by atoms with E-state index in [-0.39, 0.29) is 30.8 Å². The fourth-order valence-electron chi connectivity index (χ4n) is 6.09. The van der Waals surface area contributed by atoms with Crippen LogP contribution in [0.15, 0.2) is 36.7 Å². The monoisotopic (exact) mass is 572 g/mol. The van der Waals surface area contributed by atoms with Crippen molar-refractivity contribution in [2.45, 2.75) is 65.3 Å². The third kappa shape index (κ3) is 4.55. The van der Waals surface area contributed by atoms with Crippen molar-refractivity contribution < 1.29 is 32.6 Å². The van der Waals surface area contributed by atoms with E-state index in [2.05, 4.69) is 5.10 Å². The Hall–Kier alpha value is -3.87. The summed E-state index contributed by atoms with van der Waals surface area (Å²) in [6.45, 7) is 4.24. The van der Waals surface area contributed by atoms with Gasteiger partial charge in [0.2, 0.25) is 6.35 Å². The first-order chi connectivity index (χ1) is 19.5. The van der Waals surface area contributed by atoms with Crippen molar-refractivity contribution in [1.29, 1.82) is 0 Å². The number of rotatable bonds is 9. The Bertz CT molecular complexity index is 1480. The molecule has 2 aromatic heterocycles. The van der Waals surface area contributed by atoms with E-state index in [4.69, 9.17) is 9.72 Å². The minimum absolute atomic E-state index is 0.0754. The zero-order valence-corrected chi connectivity index (χ0v) is 22.8. The van der Waals surface area contributed by atoms with Crippen LogP contribution in [-0.2, 0) is 29.0 Å². The molecular weight excluding hydrogens is 541 g/mol. The van der Waals surface area contributed by atoms with E-state index in [0.717, 1.165) is 31.4 Å². The Morgan fingerprint density at radius 1 is 1.20 bits per heavy atom. The standard InChI is InChI=1S/C28H31F3N6O4/c1-3-8-36-24(38)21-23(35(4-2)26(36)40)33-22(37(21)16-41-25(39)27-10-18(11-27)12-27)19-13-32-34(15-19)14-17-6-5-7-20(9-17)28(29,30)31/h5-7,9,13,15,18,26,40H,3-4,8,10-12,14,16H2,1-2H3. The largest absolute Gasteiger partial charge is 0.443 e. The highest BCUT2D eigenvalue weighted by molar-refractivity contribution is 6.00. The van der Waals surface area contributed by atoms with E-state index >= 15 is 0 Å². The Balaban J connectivity index is 1.35. The highest BCUT2D eigenvalue weighted by atomic mass is 19.4. The van der Waals surface area contributed by atoms with E-state index in [0.29, 0.717) is 42.4 Å². The van der Waals surface area contributed by atoms with Crippen LogP contribution in [-0.4, -0.2) is 60.7 Å². The summed E-state index contributed by atoms with van der Waals surface area (Å²) in [7, 11) is 0. The van der Waals surface area contributed by atoms with Gasteiger partial charge in [-0.2, -0.15) is 18.3 Å². The Kier molecular flexibility index (Phi) is 6.59. The molecule has 7 rings (SSSR count). The van der Waals surface area contributed by atoms with Gasteiger partial charge in [0.1, 0.15) is 5.82 Å². The molecule has 1 aromatic carbocycles. The number of aliphatic hydroxyl groups excluding tert-OH is 1. The van der Waals surface area contributed by atoms with Crippen LogP contribution in [0.4, 0.5) is 19.0 Å². The maximum absolute atomic E-state index is 13.6. The number of anilines is 1. The second-order valence-corrected chi connectivity index (χ2v) is 11.1. The predicted octanol–water partition coefficient (Wildman–Crippen LogP) is 4.08. The molecule has 41 heavy (non-hydrogen) atoms. The minimum Gasteiger partial charge on any atom is -0.443 e. The molecule has 3 fully saturated rings. The summed E-state index contributed by atoms with van der Waals surface area (Å²) in [4.78, 5) is 34.2. The number of nitrogens with zero attached hydrogens (tertiary/aromatic N) is 6. The number of aromatic nitrogens is 4. The lowest BCUT2D eigenvalue weighted by Gasteiger charge is -2.59. The number of carbonyl (C=O) groups excluding carboxylic acids is 2. The maximum atomic E-state index is 13.6. The van der Waals surface area contributed by atoms with E-state index in [1.807, 2.05) is 13.8 Å². The van der Waals surface area contributed by atoms with Crippen molar-refractivity contribution >= 4 is 17.7 Å². The highest BCUT2D eigenvalue weighted by Crippen LogP contribution is 2.64. The number of benzene rings is 1. The fraction of sp³-hybridized carbons (Fsp3) is 0.500. The van der Waals surface area contributed by atoms with Crippen molar-refractivity contribution in [3.63, 3.8) is 0 Å². The molecule has 0 radical (unpaired) electrons. The molecule has 1 atom stereocenters. The minimum atomic E-state index is -4.46. The molecule has 3 aromatic rings. The summed E-state index contributed by atoms with van der Waals surface area (Å²) in [5.74, 6) is 0.420. The number of hydrogen-bond donors (Lipinski definition) is 1. The molecule has 1 amide bonds. The van der Waals surface area contributed by atoms with Crippen molar-refractivity contribution in [2.24, 2.45) is 11.3 Å². The molecule has 13 heteroatoms. The molecule has 218 valence electrons. The number of hydrogen-bond acceptors (Lipinski definition) is 7. The first-order valence-electron chi connectivity index (χ1n) is 13.8. The molecule has 2 bridgehead atoms. The van der Waals surface area contributed by atoms with Crippen molar-refractivity contribution in [2.75, 3.05) is 18.0 Å². The number of halogens is 3. The van der Waals surface area contributed by atoms with E-state index in [1.54, 1.807) is 17.2 Å². The molecule has 10 nitrogen and oxygen atoms in total. The quantitative estimate of drug-likeness (QED) is 0.385. The summed E-state index contributed by atoms with van der Waals surface area (Å²) in [6, 6.07) is 5.02. The lowest BCUT2D eigenvalue weighted by atomic mass is 9.44. The molecule has 4 aliphatic rings. The summed E-state index contributed by atoms with van der Waals surface area (Å²) in [6.07, 6.45) is 0.545. The van der Waals surface area contributed by atoms with Gasteiger partial charge in [-0.25, -0.2) is 4.98 Å². The normalized spacial score (nSPS) is 23.2. The summed E-state index contributed by atoms with van der Waals surface area (Å²) in [5.41, 5.74) is -0.0877. The van der Waals surface area contributed by atoms with Crippen LogP contribution in [0.25, 0.3) is 11.4 Å². The van der Waals surface area contributed by atoms with Gasteiger partial charge in [-0.3, -0.25) is 23.7 Å². The van der Waals surface area contributed by atoms with E-state index in [1.165, 1.54) is 26.4 Å². The number of carbonyl (C=O) groups is 2. The summed E-state index contributed by atoms with van der Waals surface area (Å²) in [5, 5.41) is 15.3. The third-order valence-corrected chi connectivity index (χ3v) is 8.33. The number of fused-ring (bicyclic) bond motifs is 1. The number of esters is 1. The summed E-state index contributed by atoms with van der Waals surface area (Å²) >= 11 is 0. The number of aliphatic hydroxyl groups is 1. The van der Waals surface area contributed by atoms with Gasteiger partial charge < -0.3 is 14.7 Å². The molecular formula is C28H31F3N6O4. The SMILES string of the molecule is CCCN1C(=O)c2c(nc(-c3cnn(Cc4cccc(C(F)(F)F)c4)c3)n2COC(=O)C23CC(C2)C3)N(CC)C1O. The second kappa shape index (κ2) is 9.89. The van der Waals surface area contributed by atoms with Crippen LogP contribution >= 0.6 is 0 Å². The average molecular weight is 573 g/mol. The van der Waals surface area contributed by atoms with Crippen LogP contribution < -0.4 is 4.90 Å². The van der Waals surface area contributed by atoms with Gasteiger partial charge in [-0.05, 0) is 56.2 Å². The van der Waals surface area contributed by atoms with Gasteiger partial charge in [0.25, 0.3) is 5.91 Å². The smallest absolute Gasteiger partial charge is 0.416 e. The van der Waals surface area contributed by atoms with Crippen LogP contribution in [0.3, 0.4) is 0 Å². The van der Waals surface area contributed by atoms with Crippen LogP contribution in [0.2, 0.25) is 0 Å². The topological polar surface area (TPSA) is 106 Å². The van der Waals surface area contributed by atoms with E-state index < -0.39 is 29.4 Å². The lowest BCUT2D eigenvalue weighted by Crippen LogP contribution is -2.57. The predicted molar refractivity (Wildman–Crippen MR) is 140 cm³/mol. The molecule has 3 heterocycles. The molecule has 1 aliphatic heterocycles. The highest BCUT2D eigenvalue weighted by Gasteiger charge is 2.62. The van der Waals surface area contributed by atoms with Gasteiger partial charge in [0.15, 0.2) is 18.2 Å². The fourth-order valence-corrected chi connectivity index (χ4v) is 6.09. The Morgan fingerprint density at radius 3 is 2.59 bits per heavy atom. The average Bonchev–Trinajstić information content (AvgIpc) is 3.48. The van der Waals surface area contributed by atoms with Crippen molar-refractivity contribution in [3.8, 4) is 11.4 Å². The maximum Gasteiger partial charge on any atom is 0.416 e. The number of amides is 1. The zero-order chi connectivity index (χ0) is 29.1. The van der Waals surface area contributed by atoms with Gasteiger partial charge in [0, 0.05) is 19.3 Å². The van der Waals surface area contributed by atoms with Crippen LogP contribution in [0, 0.1) is 11.3 Å². The van der Waals surface area contributed by atoms with E-state index in [9.17, 15) is 27.9 Å². The van der Waals surface area contributed by atoms with Crippen LogP contribution in [0.1, 0.15) is 61.1 Å². The molecule has 1 N–H and O–H groups in total. The number of imidazole rings is 1. The van der Waals surface area contributed by atoms with Crippen LogP contribution in [0.5, 0.6) is 0 Å². The molecule has 3 aliphatic carbocycles. The lowest BCUT2D eigenvalue weighted by molar-refractivity contribution is -0.195. The number of alkyl halides is 3. The first-order valence-corrected chi connectivity index (χ1v) is 13.8.